The summed E-state index contributed by atoms with van der Waals surface area (Å²) in [6, 6.07) is 0. The summed E-state index contributed by atoms with van der Waals surface area (Å²) < 4.78 is 17.5. The van der Waals surface area contributed by atoms with Crippen molar-refractivity contribution < 1.29 is 28.5 Å². The Kier molecular flexibility index (Phi) is 14.3. The molecule has 0 saturated heterocycles. The Bertz CT molecular complexity index is 172. The Hall–Kier alpha value is -1.46. The second kappa shape index (κ2) is 13.5. The largest absolute Gasteiger partial charge is 0.508 e. The molecular weight excluding hydrogens is 216 g/mol. The third-order valence-electron chi connectivity index (χ3n) is 1.12. The van der Waals surface area contributed by atoms with Gasteiger partial charge in [0.1, 0.15) is 0 Å². The average Bonchev–Trinajstić information content (AvgIpc) is 2.27. The molecule has 96 valence electrons. The number of hydrogen-bond donors (Lipinski definition) is 0. The van der Waals surface area contributed by atoms with Gasteiger partial charge in [-0.15, -0.1) is 0 Å². The molecule has 6 nitrogen and oxygen atoms in total. The molecule has 0 fully saturated rings. The zero-order chi connectivity index (χ0) is 12.8. The van der Waals surface area contributed by atoms with Crippen molar-refractivity contribution in [1.82, 2.24) is 0 Å². The molecule has 0 radical (unpaired) electrons. The Morgan fingerprint density at radius 2 is 1.38 bits per heavy atom. The van der Waals surface area contributed by atoms with Crippen molar-refractivity contribution in [3.63, 3.8) is 0 Å². The molecule has 0 unspecified atom stereocenters. The van der Waals surface area contributed by atoms with E-state index in [4.69, 9.17) is 0 Å². The van der Waals surface area contributed by atoms with Crippen molar-refractivity contribution >= 4 is 12.3 Å². The van der Waals surface area contributed by atoms with E-state index >= 15 is 0 Å². The Morgan fingerprint density at radius 3 is 1.69 bits per heavy atom. The number of carbonyl (C=O) groups is 2. The summed E-state index contributed by atoms with van der Waals surface area (Å²) in [6.45, 7) is 6.57. The van der Waals surface area contributed by atoms with E-state index in [2.05, 4.69) is 18.9 Å². The molecule has 6 heteroatoms. The predicted octanol–water partition coefficient (Wildman–Crippen LogP) is 2.36. The summed E-state index contributed by atoms with van der Waals surface area (Å²) in [6.07, 6.45) is -0.364. The van der Waals surface area contributed by atoms with Crippen molar-refractivity contribution in [3.8, 4) is 0 Å². The van der Waals surface area contributed by atoms with E-state index < -0.39 is 12.3 Å². The van der Waals surface area contributed by atoms with E-state index in [1.165, 1.54) is 7.11 Å². The van der Waals surface area contributed by atoms with Crippen LogP contribution in [0.2, 0.25) is 0 Å². The lowest BCUT2D eigenvalue weighted by Crippen LogP contribution is -2.05. The number of rotatable bonds is 4. The lowest BCUT2D eigenvalue weighted by molar-refractivity contribution is 0.0629. The molecule has 0 heterocycles. The summed E-state index contributed by atoms with van der Waals surface area (Å²) in [7, 11) is 1.29. The van der Waals surface area contributed by atoms with Gasteiger partial charge < -0.3 is 18.9 Å². The van der Waals surface area contributed by atoms with E-state index in [0.29, 0.717) is 19.8 Å². The summed E-state index contributed by atoms with van der Waals surface area (Å²) in [5.74, 6) is 0. The fourth-order valence-corrected chi connectivity index (χ4v) is 0.522. The monoisotopic (exact) mass is 236 g/mol. The molecular formula is C10H20O6. The molecule has 0 N–H and O–H groups in total. The van der Waals surface area contributed by atoms with E-state index in [-0.39, 0.29) is 0 Å². The van der Waals surface area contributed by atoms with E-state index in [1.54, 1.807) is 13.8 Å². The molecule has 0 aliphatic carbocycles. The second-order valence-corrected chi connectivity index (χ2v) is 2.42. The van der Waals surface area contributed by atoms with Crippen LogP contribution in [-0.2, 0) is 18.9 Å². The minimum Gasteiger partial charge on any atom is -0.438 e. The number of hydrogen-bond acceptors (Lipinski definition) is 6. The predicted molar refractivity (Wildman–Crippen MR) is 57.3 cm³/mol. The van der Waals surface area contributed by atoms with Gasteiger partial charge in [-0.25, -0.2) is 9.59 Å². The van der Waals surface area contributed by atoms with Crippen LogP contribution >= 0.6 is 0 Å². The standard InChI is InChI=1S/2C5H10O3/c1-3-4-8-5(6)7-2;1-3-7-5(6)8-4-2/h2*3-4H2,1-2H3. The molecule has 0 bridgehead atoms. The molecule has 0 atom stereocenters. The summed E-state index contributed by atoms with van der Waals surface area (Å²) in [4.78, 5) is 20.3. The maximum atomic E-state index is 10.2. The van der Waals surface area contributed by atoms with Crippen LogP contribution in [0.25, 0.3) is 0 Å². The van der Waals surface area contributed by atoms with Gasteiger partial charge in [-0.1, -0.05) is 6.92 Å². The van der Waals surface area contributed by atoms with Crippen molar-refractivity contribution in [2.24, 2.45) is 0 Å². The van der Waals surface area contributed by atoms with Crippen molar-refractivity contribution in [1.29, 1.82) is 0 Å². The third-order valence-corrected chi connectivity index (χ3v) is 1.12. The Morgan fingerprint density at radius 1 is 0.875 bits per heavy atom. The van der Waals surface area contributed by atoms with Crippen LogP contribution in [0, 0.1) is 0 Å². The molecule has 0 aliphatic rings. The van der Waals surface area contributed by atoms with Crippen molar-refractivity contribution in [3.05, 3.63) is 0 Å². The van der Waals surface area contributed by atoms with Gasteiger partial charge >= 0.3 is 12.3 Å². The third kappa shape index (κ3) is 15.0. The molecule has 0 amide bonds. The Balaban J connectivity index is 0. The van der Waals surface area contributed by atoms with Crippen LogP contribution in [0.15, 0.2) is 0 Å². The first-order chi connectivity index (χ1) is 7.62. The average molecular weight is 236 g/mol. The number of methoxy groups -OCH3 is 1. The molecule has 0 saturated carbocycles. The Labute approximate surface area is 95.8 Å². The zero-order valence-electron chi connectivity index (χ0n) is 10.3. The topological polar surface area (TPSA) is 71.1 Å². The molecule has 0 aliphatic heterocycles. The van der Waals surface area contributed by atoms with E-state index in [1.807, 2.05) is 6.92 Å². The highest BCUT2D eigenvalue weighted by Gasteiger charge is 1.96. The summed E-state index contributed by atoms with van der Waals surface area (Å²) >= 11 is 0. The maximum absolute atomic E-state index is 10.2. The highest BCUT2D eigenvalue weighted by atomic mass is 16.7. The highest BCUT2D eigenvalue weighted by molar-refractivity contribution is 5.59. The minimum absolute atomic E-state index is 0.374. The van der Waals surface area contributed by atoms with Crippen LogP contribution in [0.3, 0.4) is 0 Å². The number of ether oxygens (including phenoxy) is 4. The second-order valence-electron chi connectivity index (χ2n) is 2.42. The van der Waals surface area contributed by atoms with Gasteiger partial charge in [0.2, 0.25) is 0 Å². The first-order valence-electron chi connectivity index (χ1n) is 5.12. The molecule has 0 aromatic heterocycles. The van der Waals surface area contributed by atoms with E-state index in [9.17, 15) is 9.59 Å². The molecule has 0 aromatic rings. The van der Waals surface area contributed by atoms with Gasteiger partial charge in [0.05, 0.1) is 26.9 Å². The van der Waals surface area contributed by atoms with Gasteiger partial charge in [-0.3, -0.25) is 0 Å². The highest BCUT2D eigenvalue weighted by Crippen LogP contribution is 1.83. The summed E-state index contributed by atoms with van der Waals surface area (Å²) in [5, 5.41) is 0. The lowest BCUT2D eigenvalue weighted by Gasteiger charge is -1.98. The van der Waals surface area contributed by atoms with Gasteiger partial charge in [-0.2, -0.15) is 0 Å². The van der Waals surface area contributed by atoms with Gasteiger partial charge in [-0.05, 0) is 20.3 Å². The first kappa shape index (κ1) is 17.0. The zero-order valence-corrected chi connectivity index (χ0v) is 10.3. The fraction of sp³-hybridized carbons (Fsp3) is 0.800. The molecule has 0 aromatic carbocycles. The SMILES string of the molecule is CCCOC(=O)OC.CCOC(=O)OCC. The normalized spacial score (nSPS) is 8.25. The van der Waals surface area contributed by atoms with Gasteiger partial charge in [0, 0.05) is 0 Å². The maximum Gasteiger partial charge on any atom is 0.508 e. The first-order valence-corrected chi connectivity index (χ1v) is 5.12. The lowest BCUT2D eigenvalue weighted by atomic mass is 10.5. The molecule has 0 spiro atoms. The molecule has 16 heavy (non-hydrogen) atoms. The quantitative estimate of drug-likeness (QED) is 0.698. The summed E-state index contributed by atoms with van der Waals surface area (Å²) in [5.41, 5.74) is 0. The minimum atomic E-state index is -0.605. The fourth-order valence-electron chi connectivity index (χ4n) is 0.522. The van der Waals surface area contributed by atoms with Gasteiger partial charge in [0.25, 0.3) is 0 Å². The van der Waals surface area contributed by atoms with Gasteiger partial charge in [0.15, 0.2) is 0 Å². The number of carbonyl (C=O) groups excluding carboxylic acids is 2. The van der Waals surface area contributed by atoms with Crippen LogP contribution in [0.5, 0.6) is 0 Å². The van der Waals surface area contributed by atoms with Crippen molar-refractivity contribution in [2.75, 3.05) is 26.9 Å². The molecule has 0 rings (SSSR count). The van der Waals surface area contributed by atoms with Crippen LogP contribution in [0.4, 0.5) is 9.59 Å². The van der Waals surface area contributed by atoms with Crippen LogP contribution in [-0.4, -0.2) is 39.2 Å². The van der Waals surface area contributed by atoms with Crippen LogP contribution < -0.4 is 0 Å². The van der Waals surface area contributed by atoms with Crippen LogP contribution in [0.1, 0.15) is 27.2 Å². The van der Waals surface area contributed by atoms with Crippen molar-refractivity contribution in [2.45, 2.75) is 27.2 Å². The smallest absolute Gasteiger partial charge is 0.438 e. The van der Waals surface area contributed by atoms with E-state index in [0.717, 1.165) is 6.42 Å².